The van der Waals surface area contributed by atoms with Gasteiger partial charge < -0.3 is 5.73 Å². The summed E-state index contributed by atoms with van der Waals surface area (Å²) in [4.78, 5) is 2.58. The molecule has 0 saturated heterocycles. The number of nitrogens with two attached hydrogens (primary N) is 1. The minimum atomic E-state index is 0.153. The number of benzene rings is 2. The minimum Gasteiger partial charge on any atom is -0.324 e. The van der Waals surface area contributed by atoms with Crippen molar-refractivity contribution < 1.29 is 0 Å². The monoisotopic (exact) mass is 271 g/mol. The highest BCUT2D eigenvalue weighted by Crippen LogP contribution is 2.31. The van der Waals surface area contributed by atoms with Crippen LogP contribution in [-0.4, -0.2) is 0 Å². The molecule has 0 radical (unpaired) electrons. The Morgan fingerprint density at radius 3 is 2.32 bits per heavy atom. The minimum absolute atomic E-state index is 0.153. The van der Waals surface area contributed by atoms with Crippen molar-refractivity contribution in [2.24, 2.45) is 5.73 Å². The first-order valence-electron chi connectivity index (χ1n) is 6.71. The summed E-state index contributed by atoms with van der Waals surface area (Å²) in [5, 5.41) is 0. The largest absolute Gasteiger partial charge is 0.324 e. The highest BCUT2D eigenvalue weighted by molar-refractivity contribution is 7.99. The van der Waals surface area contributed by atoms with Crippen molar-refractivity contribution in [3.05, 3.63) is 59.2 Å². The zero-order valence-electron chi connectivity index (χ0n) is 11.8. The lowest BCUT2D eigenvalue weighted by molar-refractivity contribution is 0.698. The first-order chi connectivity index (χ1) is 9.10. The van der Waals surface area contributed by atoms with Crippen LogP contribution >= 0.6 is 11.8 Å². The summed E-state index contributed by atoms with van der Waals surface area (Å²) >= 11 is 1.81. The summed E-state index contributed by atoms with van der Waals surface area (Å²) in [5.41, 5.74) is 9.89. The van der Waals surface area contributed by atoms with Crippen LogP contribution in [0.3, 0.4) is 0 Å². The Kier molecular flexibility index (Phi) is 4.67. The highest BCUT2D eigenvalue weighted by atomic mass is 32.2. The molecule has 0 aliphatic rings. The molecule has 0 aromatic heterocycles. The van der Waals surface area contributed by atoms with Crippen molar-refractivity contribution >= 4 is 11.8 Å². The molecule has 0 amide bonds. The van der Waals surface area contributed by atoms with Crippen molar-refractivity contribution in [2.45, 2.75) is 43.0 Å². The van der Waals surface area contributed by atoms with Crippen LogP contribution in [-0.2, 0) is 0 Å². The lowest BCUT2D eigenvalue weighted by atomic mass is 10.1. The number of rotatable bonds is 4. The van der Waals surface area contributed by atoms with Gasteiger partial charge in [-0.15, -0.1) is 0 Å². The van der Waals surface area contributed by atoms with Gasteiger partial charge in [0.05, 0.1) is 0 Å². The van der Waals surface area contributed by atoms with E-state index >= 15 is 0 Å². The lowest BCUT2D eigenvalue weighted by Crippen LogP contribution is -2.07. The standard InChI is InChI=1S/C17H21NS/c1-4-16(18)14-6-8-15(9-7-14)19-17-10-5-12(2)11-13(17)3/h5-11,16H,4,18H2,1-3H3/t16-/m1/s1. The smallest absolute Gasteiger partial charge is 0.0292 e. The Morgan fingerprint density at radius 2 is 1.74 bits per heavy atom. The summed E-state index contributed by atoms with van der Waals surface area (Å²) in [7, 11) is 0. The van der Waals surface area contributed by atoms with E-state index in [2.05, 4.69) is 63.2 Å². The van der Waals surface area contributed by atoms with Crippen LogP contribution in [0.2, 0.25) is 0 Å². The molecule has 2 N–H and O–H groups in total. The summed E-state index contributed by atoms with van der Waals surface area (Å²) < 4.78 is 0. The van der Waals surface area contributed by atoms with E-state index in [1.54, 1.807) is 0 Å². The third-order valence-electron chi connectivity index (χ3n) is 3.31. The molecule has 2 rings (SSSR count). The fourth-order valence-electron chi connectivity index (χ4n) is 2.06. The zero-order chi connectivity index (χ0) is 13.8. The molecule has 0 unspecified atom stereocenters. The second kappa shape index (κ2) is 6.27. The molecule has 0 aliphatic heterocycles. The van der Waals surface area contributed by atoms with Gasteiger partial charge in [-0.05, 0) is 49.6 Å². The van der Waals surface area contributed by atoms with E-state index in [0.717, 1.165) is 6.42 Å². The van der Waals surface area contributed by atoms with Gasteiger partial charge in [-0.2, -0.15) is 0 Å². The molecular weight excluding hydrogens is 250 g/mol. The number of aryl methyl sites for hydroxylation is 2. The predicted octanol–water partition coefficient (Wildman–Crippen LogP) is 4.86. The third-order valence-corrected chi connectivity index (χ3v) is 4.49. The maximum atomic E-state index is 6.03. The van der Waals surface area contributed by atoms with Crippen LogP contribution < -0.4 is 5.73 Å². The van der Waals surface area contributed by atoms with Gasteiger partial charge in [0.1, 0.15) is 0 Å². The van der Waals surface area contributed by atoms with E-state index in [1.165, 1.54) is 26.5 Å². The Labute approximate surface area is 120 Å². The Hall–Kier alpha value is -1.25. The molecule has 0 saturated carbocycles. The van der Waals surface area contributed by atoms with Crippen molar-refractivity contribution in [1.82, 2.24) is 0 Å². The first kappa shape index (κ1) is 14.2. The van der Waals surface area contributed by atoms with E-state index in [9.17, 15) is 0 Å². The molecule has 1 nitrogen and oxygen atoms in total. The SMILES string of the molecule is CC[C@@H](N)c1ccc(Sc2ccc(C)cc2C)cc1. The number of hydrogen-bond donors (Lipinski definition) is 1. The lowest BCUT2D eigenvalue weighted by Gasteiger charge is -2.10. The van der Waals surface area contributed by atoms with Crippen LogP contribution in [0.4, 0.5) is 0 Å². The summed E-state index contributed by atoms with van der Waals surface area (Å²) in [6.45, 7) is 6.40. The van der Waals surface area contributed by atoms with Gasteiger partial charge in [-0.3, -0.25) is 0 Å². The molecule has 0 aliphatic carbocycles. The molecular formula is C17H21NS. The fraction of sp³-hybridized carbons (Fsp3) is 0.294. The van der Waals surface area contributed by atoms with Gasteiger partial charge in [-0.1, -0.05) is 48.5 Å². The summed E-state index contributed by atoms with van der Waals surface area (Å²) in [6.07, 6.45) is 0.976. The van der Waals surface area contributed by atoms with Crippen LogP contribution in [0.5, 0.6) is 0 Å². The molecule has 0 bridgehead atoms. The van der Waals surface area contributed by atoms with Crippen LogP contribution in [0.25, 0.3) is 0 Å². The van der Waals surface area contributed by atoms with E-state index in [4.69, 9.17) is 5.73 Å². The van der Waals surface area contributed by atoms with E-state index in [-0.39, 0.29) is 6.04 Å². The van der Waals surface area contributed by atoms with E-state index < -0.39 is 0 Å². The van der Waals surface area contributed by atoms with Crippen molar-refractivity contribution in [3.8, 4) is 0 Å². The summed E-state index contributed by atoms with van der Waals surface area (Å²) in [6, 6.07) is 15.3. The Balaban J connectivity index is 2.15. The third kappa shape index (κ3) is 3.62. The second-order valence-corrected chi connectivity index (χ2v) is 6.07. The van der Waals surface area contributed by atoms with Gasteiger partial charge in [0.2, 0.25) is 0 Å². The maximum absolute atomic E-state index is 6.03. The molecule has 2 aromatic rings. The average molecular weight is 271 g/mol. The molecule has 19 heavy (non-hydrogen) atoms. The van der Waals surface area contributed by atoms with Crippen LogP contribution in [0.1, 0.15) is 36.1 Å². The second-order valence-electron chi connectivity index (χ2n) is 4.95. The topological polar surface area (TPSA) is 26.0 Å². The quantitative estimate of drug-likeness (QED) is 0.859. The molecule has 1 atom stereocenters. The molecule has 2 aromatic carbocycles. The Morgan fingerprint density at radius 1 is 1.05 bits per heavy atom. The number of hydrogen-bond acceptors (Lipinski definition) is 2. The van der Waals surface area contributed by atoms with E-state index in [1.807, 2.05) is 11.8 Å². The van der Waals surface area contributed by atoms with Gasteiger partial charge >= 0.3 is 0 Å². The maximum Gasteiger partial charge on any atom is 0.0292 e. The molecule has 0 spiro atoms. The highest BCUT2D eigenvalue weighted by Gasteiger charge is 2.05. The van der Waals surface area contributed by atoms with Crippen LogP contribution in [0.15, 0.2) is 52.3 Å². The van der Waals surface area contributed by atoms with Gasteiger partial charge in [-0.25, -0.2) is 0 Å². The molecule has 100 valence electrons. The Bertz CT molecular complexity index is 546. The predicted molar refractivity (Wildman–Crippen MR) is 83.7 cm³/mol. The molecule has 0 fully saturated rings. The van der Waals surface area contributed by atoms with Gasteiger partial charge in [0, 0.05) is 15.8 Å². The van der Waals surface area contributed by atoms with Gasteiger partial charge in [0.15, 0.2) is 0 Å². The normalized spacial score (nSPS) is 12.4. The zero-order valence-corrected chi connectivity index (χ0v) is 12.6. The molecule has 0 heterocycles. The molecule has 2 heteroatoms. The van der Waals surface area contributed by atoms with Crippen molar-refractivity contribution in [1.29, 1.82) is 0 Å². The van der Waals surface area contributed by atoms with Crippen molar-refractivity contribution in [2.75, 3.05) is 0 Å². The van der Waals surface area contributed by atoms with Gasteiger partial charge in [0.25, 0.3) is 0 Å². The summed E-state index contributed by atoms with van der Waals surface area (Å²) in [5.74, 6) is 0. The van der Waals surface area contributed by atoms with Crippen molar-refractivity contribution in [3.63, 3.8) is 0 Å². The van der Waals surface area contributed by atoms with Crippen LogP contribution in [0, 0.1) is 13.8 Å². The fourth-order valence-corrected chi connectivity index (χ4v) is 2.94. The first-order valence-corrected chi connectivity index (χ1v) is 7.52. The average Bonchev–Trinajstić information content (AvgIpc) is 2.42. The van der Waals surface area contributed by atoms with E-state index in [0.29, 0.717) is 0 Å².